The summed E-state index contributed by atoms with van der Waals surface area (Å²) in [5.74, 6) is 0. The van der Waals surface area contributed by atoms with E-state index in [-0.39, 0.29) is 5.41 Å². The van der Waals surface area contributed by atoms with Crippen molar-refractivity contribution in [2.24, 2.45) is 5.41 Å². The fourth-order valence-electron chi connectivity index (χ4n) is 3.15. The van der Waals surface area contributed by atoms with Crippen molar-refractivity contribution in [3.8, 4) is 0 Å². The molecule has 0 aliphatic heterocycles. The molecular weight excluding hydrogens is 256 g/mol. The van der Waals surface area contributed by atoms with E-state index in [0.717, 1.165) is 19.3 Å². The van der Waals surface area contributed by atoms with Gasteiger partial charge in [-0.05, 0) is 19.3 Å². The molecule has 126 valence electrons. The molecular formula is C20H40O. The summed E-state index contributed by atoms with van der Waals surface area (Å²) in [5, 5.41) is 0. The number of hydrogen-bond donors (Lipinski definition) is 0. The summed E-state index contributed by atoms with van der Waals surface area (Å²) in [6, 6.07) is 0. The topological polar surface area (TPSA) is 17.1 Å². The van der Waals surface area contributed by atoms with E-state index in [1.54, 1.807) is 0 Å². The van der Waals surface area contributed by atoms with Crippen LogP contribution >= 0.6 is 0 Å². The van der Waals surface area contributed by atoms with Crippen molar-refractivity contribution in [2.45, 2.75) is 117 Å². The van der Waals surface area contributed by atoms with Crippen molar-refractivity contribution in [1.82, 2.24) is 0 Å². The highest BCUT2D eigenvalue weighted by atomic mass is 16.1. The van der Waals surface area contributed by atoms with Crippen LogP contribution in [-0.2, 0) is 4.79 Å². The van der Waals surface area contributed by atoms with Crippen LogP contribution in [-0.4, -0.2) is 6.29 Å². The standard InChI is InChI=1S/C20H40O/c1-4-7-8-9-10-11-12-13-14-15-16-17-18-20(5-2,6-3)19-21/h19H,4-18H2,1-3H3. The van der Waals surface area contributed by atoms with E-state index < -0.39 is 0 Å². The van der Waals surface area contributed by atoms with E-state index in [9.17, 15) is 4.79 Å². The zero-order valence-corrected chi connectivity index (χ0v) is 15.1. The summed E-state index contributed by atoms with van der Waals surface area (Å²) >= 11 is 0. The van der Waals surface area contributed by atoms with Crippen LogP contribution in [0.25, 0.3) is 0 Å². The summed E-state index contributed by atoms with van der Waals surface area (Å²) in [4.78, 5) is 11.2. The van der Waals surface area contributed by atoms with Gasteiger partial charge in [-0.1, -0.05) is 97.8 Å². The Balaban J connectivity index is 3.31. The molecule has 0 amide bonds. The molecule has 0 aromatic heterocycles. The predicted octanol–water partition coefficient (Wildman–Crippen LogP) is 7.08. The lowest BCUT2D eigenvalue weighted by atomic mass is 9.79. The average Bonchev–Trinajstić information content (AvgIpc) is 2.53. The quantitative estimate of drug-likeness (QED) is 0.219. The molecule has 21 heavy (non-hydrogen) atoms. The van der Waals surface area contributed by atoms with E-state index >= 15 is 0 Å². The molecule has 0 saturated heterocycles. The third-order valence-electron chi connectivity index (χ3n) is 5.19. The van der Waals surface area contributed by atoms with E-state index in [4.69, 9.17) is 0 Å². The zero-order valence-electron chi connectivity index (χ0n) is 15.1. The Labute approximate surface area is 134 Å². The fraction of sp³-hybridized carbons (Fsp3) is 0.950. The molecule has 0 aliphatic rings. The molecule has 0 unspecified atom stereocenters. The average molecular weight is 297 g/mol. The first kappa shape index (κ1) is 20.7. The minimum absolute atomic E-state index is 0.0154. The monoisotopic (exact) mass is 296 g/mol. The van der Waals surface area contributed by atoms with Crippen LogP contribution in [0, 0.1) is 5.41 Å². The van der Waals surface area contributed by atoms with Gasteiger partial charge in [0.15, 0.2) is 0 Å². The molecule has 0 fully saturated rings. The lowest BCUT2D eigenvalue weighted by molar-refractivity contribution is -0.117. The molecule has 0 aromatic carbocycles. The van der Waals surface area contributed by atoms with E-state index in [2.05, 4.69) is 20.8 Å². The lowest BCUT2D eigenvalue weighted by Crippen LogP contribution is -2.20. The van der Waals surface area contributed by atoms with E-state index in [1.165, 1.54) is 83.3 Å². The van der Waals surface area contributed by atoms with Crippen LogP contribution < -0.4 is 0 Å². The highest BCUT2D eigenvalue weighted by molar-refractivity contribution is 5.58. The van der Waals surface area contributed by atoms with Crippen molar-refractivity contribution in [3.63, 3.8) is 0 Å². The van der Waals surface area contributed by atoms with Gasteiger partial charge < -0.3 is 4.79 Å². The van der Waals surface area contributed by atoms with Gasteiger partial charge in [0.1, 0.15) is 6.29 Å². The maximum absolute atomic E-state index is 11.2. The summed E-state index contributed by atoms with van der Waals surface area (Å²) in [5.41, 5.74) is -0.0154. The van der Waals surface area contributed by atoms with E-state index in [1.807, 2.05) is 0 Å². The third-order valence-corrected chi connectivity index (χ3v) is 5.19. The zero-order chi connectivity index (χ0) is 15.8. The Kier molecular flexibility index (Phi) is 14.4. The minimum atomic E-state index is -0.0154. The molecule has 0 bridgehead atoms. The molecule has 0 rings (SSSR count). The van der Waals surface area contributed by atoms with Crippen molar-refractivity contribution in [1.29, 1.82) is 0 Å². The second-order valence-corrected chi connectivity index (χ2v) is 6.83. The van der Waals surface area contributed by atoms with Crippen LogP contribution in [0.2, 0.25) is 0 Å². The first-order valence-electron chi connectivity index (χ1n) is 9.71. The van der Waals surface area contributed by atoms with Gasteiger partial charge in [-0.15, -0.1) is 0 Å². The van der Waals surface area contributed by atoms with Gasteiger partial charge in [0.05, 0.1) is 0 Å². The van der Waals surface area contributed by atoms with Gasteiger partial charge in [0.2, 0.25) is 0 Å². The second kappa shape index (κ2) is 14.6. The maximum Gasteiger partial charge on any atom is 0.126 e. The number of unbranched alkanes of at least 4 members (excludes halogenated alkanes) is 11. The SMILES string of the molecule is CCCCCCCCCCCCCCC(C=O)(CC)CC. The summed E-state index contributed by atoms with van der Waals surface area (Å²) < 4.78 is 0. The Morgan fingerprint density at radius 2 is 1.00 bits per heavy atom. The molecule has 1 nitrogen and oxygen atoms in total. The van der Waals surface area contributed by atoms with Crippen molar-refractivity contribution in [2.75, 3.05) is 0 Å². The first-order chi connectivity index (χ1) is 10.2. The van der Waals surface area contributed by atoms with Gasteiger partial charge in [-0.3, -0.25) is 0 Å². The molecule has 0 N–H and O–H groups in total. The molecule has 0 radical (unpaired) electrons. The van der Waals surface area contributed by atoms with E-state index in [0.29, 0.717) is 0 Å². The van der Waals surface area contributed by atoms with Gasteiger partial charge in [-0.25, -0.2) is 0 Å². The normalized spacial score (nSPS) is 11.8. The molecule has 0 aromatic rings. The number of carbonyl (C=O) groups excluding carboxylic acids is 1. The molecule has 0 spiro atoms. The second-order valence-electron chi connectivity index (χ2n) is 6.83. The Bertz CT molecular complexity index is 218. The largest absolute Gasteiger partial charge is 0.303 e. The fourth-order valence-corrected chi connectivity index (χ4v) is 3.15. The van der Waals surface area contributed by atoms with Crippen LogP contribution in [0.5, 0.6) is 0 Å². The summed E-state index contributed by atoms with van der Waals surface area (Å²) in [6.45, 7) is 6.58. The van der Waals surface area contributed by atoms with Gasteiger partial charge in [0, 0.05) is 5.41 Å². The third kappa shape index (κ3) is 11.0. The maximum atomic E-state index is 11.2. The Hall–Kier alpha value is -0.330. The van der Waals surface area contributed by atoms with Gasteiger partial charge >= 0.3 is 0 Å². The van der Waals surface area contributed by atoms with Crippen LogP contribution in [0.1, 0.15) is 117 Å². The first-order valence-corrected chi connectivity index (χ1v) is 9.71. The highest BCUT2D eigenvalue weighted by Gasteiger charge is 2.24. The smallest absolute Gasteiger partial charge is 0.126 e. The molecule has 0 heterocycles. The minimum Gasteiger partial charge on any atom is -0.303 e. The number of hydrogen-bond acceptors (Lipinski definition) is 1. The predicted molar refractivity (Wildman–Crippen MR) is 94.8 cm³/mol. The van der Waals surface area contributed by atoms with Crippen LogP contribution in [0.4, 0.5) is 0 Å². The Morgan fingerprint density at radius 3 is 1.33 bits per heavy atom. The van der Waals surface area contributed by atoms with Crippen molar-refractivity contribution >= 4 is 6.29 Å². The van der Waals surface area contributed by atoms with Crippen LogP contribution in [0.3, 0.4) is 0 Å². The lowest BCUT2D eigenvalue weighted by Gasteiger charge is -2.24. The van der Waals surface area contributed by atoms with Gasteiger partial charge in [-0.2, -0.15) is 0 Å². The summed E-state index contributed by atoms with van der Waals surface area (Å²) in [7, 11) is 0. The van der Waals surface area contributed by atoms with Crippen molar-refractivity contribution in [3.05, 3.63) is 0 Å². The summed E-state index contributed by atoms with van der Waals surface area (Å²) in [6.07, 6.45) is 21.0. The molecule has 0 saturated carbocycles. The number of aldehydes is 1. The highest BCUT2D eigenvalue weighted by Crippen LogP contribution is 2.30. The molecule has 1 heteroatoms. The molecule has 0 aliphatic carbocycles. The molecule has 0 atom stereocenters. The van der Waals surface area contributed by atoms with Crippen LogP contribution in [0.15, 0.2) is 0 Å². The van der Waals surface area contributed by atoms with Gasteiger partial charge in [0.25, 0.3) is 0 Å². The van der Waals surface area contributed by atoms with Crippen molar-refractivity contribution < 1.29 is 4.79 Å². The number of rotatable bonds is 16. The number of carbonyl (C=O) groups is 1. The Morgan fingerprint density at radius 1 is 0.619 bits per heavy atom.